The topological polar surface area (TPSA) is 66.0 Å². The minimum atomic E-state index is 0. The minimum absolute atomic E-state index is 0. The number of amides is 1. The van der Waals surface area contributed by atoms with E-state index in [1.54, 1.807) is 19.0 Å². The zero-order chi connectivity index (χ0) is 18.2. The van der Waals surface area contributed by atoms with Gasteiger partial charge in [0.15, 0.2) is 5.96 Å². The van der Waals surface area contributed by atoms with Gasteiger partial charge in [-0.1, -0.05) is 6.42 Å². The van der Waals surface area contributed by atoms with Crippen LogP contribution in [0.4, 0.5) is 0 Å². The molecule has 2 bridgehead atoms. The third-order valence-corrected chi connectivity index (χ3v) is 5.25. The molecule has 1 amide bonds. The van der Waals surface area contributed by atoms with Crippen LogP contribution in [0, 0.1) is 11.8 Å². The fourth-order valence-corrected chi connectivity index (χ4v) is 3.79. The van der Waals surface area contributed by atoms with Crippen molar-refractivity contribution in [2.75, 3.05) is 33.8 Å². The molecule has 2 aliphatic rings. The van der Waals surface area contributed by atoms with Gasteiger partial charge >= 0.3 is 0 Å². The maximum Gasteiger partial charge on any atom is 0.243 e. The third-order valence-electron chi connectivity index (χ3n) is 5.25. The second-order valence-electron chi connectivity index (χ2n) is 7.93. The smallest absolute Gasteiger partial charge is 0.243 e. The molecule has 2 saturated carbocycles. The number of halogens is 1. The molecule has 0 heterocycles. The number of nitrogens with one attached hydrogen (secondary N) is 2. The molecular formula is C19H37IN4O2. The van der Waals surface area contributed by atoms with Crippen LogP contribution in [0.1, 0.15) is 52.4 Å². The van der Waals surface area contributed by atoms with Crippen LogP contribution in [0.3, 0.4) is 0 Å². The number of carbonyl (C=O) groups excluding carboxylic acids is 1. The van der Waals surface area contributed by atoms with Gasteiger partial charge in [0, 0.05) is 33.3 Å². The number of rotatable bonds is 9. The highest BCUT2D eigenvalue weighted by Crippen LogP contribution is 2.44. The Balaban J connectivity index is 0.00000338. The molecule has 7 heteroatoms. The lowest BCUT2D eigenvalue weighted by molar-refractivity contribution is -0.127. The maximum atomic E-state index is 11.8. The quantitative estimate of drug-likeness (QED) is 0.231. The predicted octanol–water partition coefficient (Wildman–Crippen LogP) is 2.62. The summed E-state index contributed by atoms with van der Waals surface area (Å²) >= 11 is 0. The highest BCUT2D eigenvalue weighted by molar-refractivity contribution is 14.0. The molecule has 0 saturated heterocycles. The van der Waals surface area contributed by atoms with Crippen molar-refractivity contribution in [1.82, 2.24) is 15.5 Å². The van der Waals surface area contributed by atoms with Gasteiger partial charge in [-0.05, 0) is 57.8 Å². The summed E-state index contributed by atoms with van der Waals surface area (Å²) in [5.41, 5.74) is 0. The number of hydrogen-bond donors (Lipinski definition) is 2. The van der Waals surface area contributed by atoms with Crippen LogP contribution >= 0.6 is 24.0 Å². The number of unbranched alkanes of at least 4 members (excludes halogenated alkanes) is 1. The van der Waals surface area contributed by atoms with Crippen molar-refractivity contribution in [3.8, 4) is 0 Å². The number of carbonyl (C=O) groups is 1. The summed E-state index contributed by atoms with van der Waals surface area (Å²) in [6.07, 6.45) is 7.68. The van der Waals surface area contributed by atoms with E-state index in [1.807, 2.05) is 0 Å². The summed E-state index contributed by atoms with van der Waals surface area (Å²) in [7, 11) is 3.53. The summed E-state index contributed by atoms with van der Waals surface area (Å²) in [5.74, 6) is 2.48. The van der Waals surface area contributed by atoms with Gasteiger partial charge in [0.05, 0.1) is 6.10 Å². The number of nitrogens with zero attached hydrogens (tertiary/aromatic N) is 2. The number of fused-ring (bicyclic) bond motifs is 2. The molecule has 26 heavy (non-hydrogen) atoms. The van der Waals surface area contributed by atoms with E-state index in [0.717, 1.165) is 43.8 Å². The van der Waals surface area contributed by atoms with Crippen LogP contribution in [0.15, 0.2) is 4.99 Å². The molecular weight excluding hydrogens is 443 g/mol. The second kappa shape index (κ2) is 12.0. The largest absolute Gasteiger partial charge is 0.379 e. The number of hydrogen-bond acceptors (Lipinski definition) is 3. The summed E-state index contributed by atoms with van der Waals surface area (Å²) in [4.78, 5) is 17.9. The molecule has 0 aliphatic heterocycles. The first-order valence-electron chi connectivity index (χ1n) is 9.82. The molecule has 0 aromatic rings. The van der Waals surface area contributed by atoms with E-state index in [4.69, 9.17) is 4.74 Å². The molecule has 3 atom stereocenters. The first kappa shape index (κ1) is 23.5. The van der Waals surface area contributed by atoms with Crippen LogP contribution in [0.2, 0.25) is 0 Å². The molecule has 0 spiro atoms. The minimum Gasteiger partial charge on any atom is -0.379 e. The molecule has 0 aromatic carbocycles. The molecule has 0 radical (unpaired) electrons. The molecule has 0 aromatic heterocycles. The van der Waals surface area contributed by atoms with E-state index in [0.29, 0.717) is 12.1 Å². The lowest BCUT2D eigenvalue weighted by Crippen LogP contribution is -2.46. The van der Waals surface area contributed by atoms with Crippen molar-refractivity contribution < 1.29 is 9.53 Å². The van der Waals surface area contributed by atoms with Crippen molar-refractivity contribution >= 4 is 35.8 Å². The van der Waals surface area contributed by atoms with Crippen molar-refractivity contribution in [1.29, 1.82) is 0 Å². The van der Waals surface area contributed by atoms with Crippen LogP contribution in [0.25, 0.3) is 0 Å². The summed E-state index contributed by atoms with van der Waals surface area (Å²) in [5, 5.41) is 6.99. The first-order chi connectivity index (χ1) is 12.0. The molecule has 152 valence electrons. The SMILES string of the molecule is CC(C)OCCCCNC(=NCC(=O)N(C)C)NC1CC2CCC1C2.I. The van der Waals surface area contributed by atoms with E-state index < -0.39 is 0 Å². The summed E-state index contributed by atoms with van der Waals surface area (Å²) < 4.78 is 5.57. The van der Waals surface area contributed by atoms with Crippen LogP contribution in [-0.2, 0) is 9.53 Å². The van der Waals surface area contributed by atoms with Gasteiger partial charge in [-0.25, -0.2) is 4.99 Å². The van der Waals surface area contributed by atoms with Gasteiger partial charge in [-0.2, -0.15) is 0 Å². The molecule has 2 rings (SSSR count). The van der Waals surface area contributed by atoms with Gasteiger partial charge in [-0.15, -0.1) is 24.0 Å². The standard InChI is InChI=1S/C19H36N4O2.HI/c1-14(2)25-10-6-5-9-20-19(21-13-18(24)23(3)4)22-17-12-15-7-8-16(17)11-15;/h14-17H,5-13H2,1-4H3,(H2,20,21,22);1H. The fraction of sp³-hybridized carbons (Fsp3) is 0.895. The number of ether oxygens (including phenoxy) is 1. The van der Waals surface area contributed by atoms with Gasteiger partial charge in [0.25, 0.3) is 0 Å². The lowest BCUT2D eigenvalue weighted by atomic mass is 9.95. The van der Waals surface area contributed by atoms with E-state index in [1.165, 1.54) is 25.7 Å². The molecule has 2 fully saturated rings. The first-order valence-corrected chi connectivity index (χ1v) is 9.82. The van der Waals surface area contributed by atoms with Crippen molar-refractivity contribution in [3.63, 3.8) is 0 Å². The van der Waals surface area contributed by atoms with Gasteiger partial charge in [0.2, 0.25) is 5.91 Å². The van der Waals surface area contributed by atoms with Gasteiger partial charge < -0.3 is 20.3 Å². The Bertz CT molecular complexity index is 457. The average Bonchev–Trinajstić information content (AvgIpc) is 3.17. The second-order valence-corrected chi connectivity index (χ2v) is 7.93. The Morgan fingerprint density at radius 2 is 2.00 bits per heavy atom. The van der Waals surface area contributed by atoms with E-state index in [-0.39, 0.29) is 36.4 Å². The van der Waals surface area contributed by atoms with Crippen molar-refractivity contribution in [2.24, 2.45) is 16.8 Å². The predicted molar refractivity (Wildman–Crippen MR) is 117 cm³/mol. The Kier molecular flexibility index (Phi) is 10.8. The lowest BCUT2D eigenvalue weighted by Gasteiger charge is -2.25. The molecule has 6 nitrogen and oxygen atoms in total. The normalized spacial score (nSPS) is 24.5. The highest BCUT2D eigenvalue weighted by atomic mass is 127. The van der Waals surface area contributed by atoms with E-state index >= 15 is 0 Å². The van der Waals surface area contributed by atoms with Crippen molar-refractivity contribution in [2.45, 2.75) is 64.5 Å². The summed E-state index contributed by atoms with van der Waals surface area (Å²) in [6.45, 7) is 5.96. The molecule has 2 aliphatic carbocycles. The van der Waals surface area contributed by atoms with Crippen LogP contribution < -0.4 is 10.6 Å². The number of guanidine groups is 1. The van der Waals surface area contributed by atoms with E-state index in [9.17, 15) is 4.79 Å². The van der Waals surface area contributed by atoms with Gasteiger partial charge in [0.1, 0.15) is 6.54 Å². The Labute approximate surface area is 175 Å². The Morgan fingerprint density at radius 3 is 2.58 bits per heavy atom. The zero-order valence-corrected chi connectivity index (χ0v) is 19.1. The zero-order valence-electron chi connectivity index (χ0n) is 16.8. The van der Waals surface area contributed by atoms with Gasteiger partial charge in [-0.3, -0.25) is 4.79 Å². The fourth-order valence-electron chi connectivity index (χ4n) is 3.79. The van der Waals surface area contributed by atoms with E-state index in [2.05, 4.69) is 29.5 Å². The number of likely N-dealkylation sites (N-methyl/N-ethyl adjacent to an activating group) is 1. The Hall–Kier alpha value is -0.570. The van der Waals surface area contributed by atoms with Crippen molar-refractivity contribution in [3.05, 3.63) is 0 Å². The Morgan fingerprint density at radius 1 is 1.23 bits per heavy atom. The number of aliphatic imine (C=N–C) groups is 1. The van der Waals surface area contributed by atoms with Crippen LogP contribution in [-0.4, -0.2) is 62.7 Å². The monoisotopic (exact) mass is 480 g/mol. The van der Waals surface area contributed by atoms with Crippen LogP contribution in [0.5, 0.6) is 0 Å². The molecule has 2 N–H and O–H groups in total. The maximum absolute atomic E-state index is 11.8. The molecule has 3 unspecified atom stereocenters. The summed E-state index contributed by atoms with van der Waals surface area (Å²) in [6, 6.07) is 0.517. The third kappa shape index (κ3) is 7.98. The highest BCUT2D eigenvalue weighted by Gasteiger charge is 2.39. The average molecular weight is 480 g/mol.